The first-order valence-corrected chi connectivity index (χ1v) is 8.21. The van der Waals surface area contributed by atoms with E-state index in [4.69, 9.17) is 9.47 Å². The molecule has 5 nitrogen and oxygen atoms in total. The van der Waals surface area contributed by atoms with Crippen LogP contribution in [0.3, 0.4) is 0 Å². The van der Waals surface area contributed by atoms with Crippen LogP contribution in [0.15, 0.2) is 12.3 Å². The maximum absolute atomic E-state index is 5.99. The zero-order valence-electron chi connectivity index (χ0n) is 13.3. The lowest BCUT2D eigenvalue weighted by molar-refractivity contribution is -0.0157. The summed E-state index contributed by atoms with van der Waals surface area (Å²) in [6.45, 7) is 8.03. The molecule has 1 aliphatic carbocycles. The molecular weight excluding hydrogens is 266 g/mol. The quantitative estimate of drug-likeness (QED) is 0.875. The Hall–Kier alpha value is -0.910. The van der Waals surface area contributed by atoms with Crippen LogP contribution < -0.4 is 5.32 Å². The summed E-state index contributed by atoms with van der Waals surface area (Å²) in [5.41, 5.74) is 1.20. The maximum atomic E-state index is 5.99. The normalized spacial score (nSPS) is 32.6. The molecule has 1 aromatic heterocycles. The van der Waals surface area contributed by atoms with Crippen molar-refractivity contribution in [3.8, 4) is 0 Å². The number of ether oxygens (including phenoxy) is 2. The summed E-state index contributed by atoms with van der Waals surface area (Å²) >= 11 is 0. The van der Waals surface area contributed by atoms with Crippen molar-refractivity contribution in [2.45, 2.75) is 70.4 Å². The van der Waals surface area contributed by atoms with Crippen LogP contribution in [0.1, 0.15) is 57.9 Å². The Morgan fingerprint density at radius 2 is 2.29 bits per heavy atom. The molecular formula is C16H27N3O2. The SMILES string of the molecule is CCOC1CC(N[C@H]2CCO[C@@H]2c2ccnn2C(C)C)C1. The van der Waals surface area contributed by atoms with E-state index in [9.17, 15) is 0 Å². The molecule has 1 aliphatic heterocycles. The van der Waals surface area contributed by atoms with Gasteiger partial charge in [0.05, 0.1) is 11.8 Å². The second-order valence-corrected chi connectivity index (χ2v) is 6.39. The molecule has 3 rings (SSSR count). The van der Waals surface area contributed by atoms with Gasteiger partial charge in [-0.1, -0.05) is 0 Å². The summed E-state index contributed by atoms with van der Waals surface area (Å²) in [5, 5.41) is 8.20. The summed E-state index contributed by atoms with van der Waals surface area (Å²) in [4.78, 5) is 0. The Morgan fingerprint density at radius 3 is 3.00 bits per heavy atom. The third kappa shape index (κ3) is 3.15. The van der Waals surface area contributed by atoms with Crippen molar-refractivity contribution >= 4 is 0 Å². The minimum absolute atomic E-state index is 0.126. The van der Waals surface area contributed by atoms with Crippen molar-refractivity contribution in [2.24, 2.45) is 0 Å². The van der Waals surface area contributed by atoms with Crippen LogP contribution in [-0.2, 0) is 9.47 Å². The number of nitrogens with zero attached hydrogens (tertiary/aromatic N) is 2. The fourth-order valence-corrected chi connectivity index (χ4v) is 3.41. The molecule has 2 heterocycles. The first kappa shape index (κ1) is 15.0. The molecule has 0 amide bonds. The molecule has 0 bridgehead atoms. The van der Waals surface area contributed by atoms with Crippen molar-refractivity contribution in [2.75, 3.05) is 13.2 Å². The molecule has 0 unspecified atom stereocenters. The van der Waals surface area contributed by atoms with E-state index in [0.717, 1.165) is 32.5 Å². The highest BCUT2D eigenvalue weighted by Crippen LogP contribution is 2.33. The fraction of sp³-hybridized carbons (Fsp3) is 0.812. The van der Waals surface area contributed by atoms with Gasteiger partial charge >= 0.3 is 0 Å². The Kier molecular flexibility index (Phi) is 4.62. The van der Waals surface area contributed by atoms with Gasteiger partial charge in [0.15, 0.2) is 0 Å². The third-order valence-corrected chi connectivity index (χ3v) is 4.52. The topological polar surface area (TPSA) is 48.3 Å². The van der Waals surface area contributed by atoms with Gasteiger partial charge in [-0.2, -0.15) is 5.10 Å². The molecule has 0 spiro atoms. The van der Waals surface area contributed by atoms with E-state index in [1.54, 1.807) is 0 Å². The Labute approximate surface area is 127 Å². The van der Waals surface area contributed by atoms with Gasteiger partial charge in [-0.25, -0.2) is 0 Å². The van der Waals surface area contributed by atoms with Gasteiger partial charge in [0.25, 0.3) is 0 Å². The van der Waals surface area contributed by atoms with Crippen LogP contribution in [0.4, 0.5) is 0 Å². The second-order valence-electron chi connectivity index (χ2n) is 6.39. The molecule has 0 radical (unpaired) electrons. The molecule has 118 valence electrons. The highest BCUT2D eigenvalue weighted by molar-refractivity contribution is 5.11. The Morgan fingerprint density at radius 1 is 1.48 bits per heavy atom. The van der Waals surface area contributed by atoms with Gasteiger partial charge in [0, 0.05) is 37.5 Å². The smallest absolute Gasteiger partial charge is 0.114 e. The van der Waals surface area contributed by atoms with Crippen molar-refractivity contribution in [1.29, 1.82) is 0 Å². The summed E-state index contributed by atoms with van der Waals surface area (Å²) in [6, 6.07) is 3.43. The lowest BCUT2D eigenvalue weighted by atomic mass is 9.88. The number of hydrogen-bond donors (Lipinski definition) is 1. The van der Waals surface area contributed by atoms with Crippen LogP contribution >= 0.6 is 0 Å². The van der Waals surface area contributed by atoms with Crippen LogP contribution in [0, 0.1) is 0 Å². The highest BCUT2D eigenvalue weighted by Gasteiger charge is 2.37. The number of hydrogen-bond acceptors (Lipinski definition) is 4. The van der Waals surface area contributed by atoms with Crippen LogP contribution in [0.5, 0.6) is 0 Å². The number of nitrogens with one attached hydrogen (secondary N) is 1. The summed E-state index contributed by atoms with van der Waals surface area (Å²) < 4.78 is 13.7. The molecule has 2 fully saturated rings. The summed E-state index contributed by atoms with van der Waals surface area (Å²) in [5.74, 6) is 0. The summed E-state index contributed by atoms with van der Waals surface area (Å²) in [7, 11) is 0. The summed E-state index contributed by atoms with van der Waals surface area (Å²) in [6.07, 6.45) is 5.78. The molecule has 1 saturated heterocycles. The molecule has 21 heavy (non-hydrogen) atoms. The molecule has 2 aliphatic rings. The fourth-order valence-electron chi connectivity index (χ4n) is 3.41. The predicted molar refractivity (Wildman–Crippen MR) is 81.3 cm³/mol. The van der Waals surface area contributed by atoms with E-state index in [-0.39, 0.29) is 6.10 Å². The lowest BCUT2D eigenvalue weighted by Gasteiger charge is -2.38. The molecule has 0 aromatic carbocycles. The van der Waals surface area contributed by atoms with Crippen molar-refractivity contribution in [3.63, 3.8) is 0 Å². The minimum Gasteiger partial charge on any atom is -0.378 e. The molecule has 1 N–H and O–H groups in total. The average Bonchev–Trinajstić information content (AvgIpc) is 3.03. The van der Waals surface area contributed by atoms with E-state index < -0.39 is 0 Å². The maximum Gasteiger partial charge on any atom is 0.114 e. The monoisotopic (exact) mass is 293 g/mol. The van der Waals surface area contributed by atoms with Gasteiger partial charge in [-0.15, -0.1) is 0 Å². The van der Waals surface area contributed by atoms with E-state index in [1.807, 2.05) is 6.20 Å². The van der Waals surface area contributed by atoms with E-state index in [1.165, 1.54) is 5.69 Å². The molecule has 5 heteroatoms. The third-order valence-electron chi connectivity index (χ3n) is 4.52. The zero-order valence-corrected chi connectivity index (χ0v) is 13.3. The van der Waals surface area contributed by atoms with Crippen molar-refractivity contribution in [3.05, 3.63) is 18.0 Å². The highest BCUT2D eigenvalue weighted by atomic mass is 16.5. The van der Waals surface area contributed by atoms with Gasteiger partial charge in [0.1, 0.15) is 6.10 Å². The Balaban J connectivity index is 1.60. The van der Waals surface area contributed by atoms with Crippen LogP contribution in [0.2, 0.25) is 0 Å². The average molecular weight is 293 g/mol. The van der Waals surface area contributed by atoms with E-state index in [2.05, 4.69) is 41.9 Å². The first-order valence-electron chi connectivity index (χ1n) is 8.21. The van der Waals surface area contributed by atoms with Crippen LogP contribution in [0.25, 0.3) is 0 Å². The predicted octanol–water partition coefficient (Wildman–Crippen LogP) is 2.45. The van der Waals surface area contributed by atoms with Gasteiger partial charge in [-0.05, 0) is 46.1 Å². The zero-order chi connectivity index (χ0) is 14.8. The second kappa shape index (κ2) is 6.46. The van der Waals surface area contributed by atoms with Gasteiger partial charge < -0.3 is 14.8 Å². The van der Waals surface area contributed by atoms with Gasteiger partial charge in [0.2, 0.25) is 0 Å². The molecule has 2 atom stereocenters. The van der Waals surface area contributed by atoms with E-state index in [0.29, 0.717) is 24.2 Å². The molecule has 1 saturated carbocycles. The van der Waals surface area contributed by atoms with Gasteiger partial charge in [-0.3, -0.25) is 4.68 Å². The first-order chi connectivity index (χ1) is 10.2. The lowest BCUT2D eigenvalue weighted by Crippen LogP contribution is -2.50. The standard InChI is InChI=1S/C16H27N3O2/c1-4-20-13-9-12(10-13)18-14-6-8-21-16(14)15-5-7-17-19(15)11(2)3/h5,7,11-14,16,18H,4,6,8-10H2,1-3H3/t12?,13?,14-,16-/m0/s1. The van der Waals surface area contributed by atoms with E-state index >= 15 is 0 Å². The minimum atomic E-state index is 0.126. The van der Waals surface area contributed by atoms with Crippen molar-refractivity contribution in [1.82, 2.24) is 15.1 Å². The number of rotatable bonds is 6. The molecule has 1 aromatic rings. The van der Waals surface area contributed by atoms with Crippen molar-refractivity contribution < 1.29 is 9.47 Å². The Bertz CT molecular complexity index is 454. The number of aromatic nitrogens is 2. The largest absolute Gasteiger partial charge is 0.378 e. The van der Waals surface area contributed by atoms with Crippen LogP contribution in [-0.4, -0.2) is 41.2 Å².